The van der Waals surface area contributed by atoms with Gasteiger partial charge in [-0.2, -0.15) is 0 Å². The predicted molar refractivity (Wildman–Crippen MR) is 155 cm³/mol. The SMILES string of the molecule is C.NC(=O)c1cc[n+](-c2nc(F)nc(Nc3ccc(S(=O)(=O)[O-])c(N=Nc4cc(S(=O)(=O)[O-])c5ccccc5c4N)c3)n2)cc1.[Cl-].[Na+].[Na+]. The molecule has 0 bridgehead atoms. The van der Waals surface area contributed by atoms with E-state index < -0.39 is 47.7 Å². The first kappa shape index (κ1) is 42.8. The number of hydrogen-bond acceptors (Lipinski definition) is 14. The van der Waals surface area contributed by atoms with Crippen LogP contribution in [0, 0.1) is 6.08 Å². The standard InChI is InChI=1S/C25H18FN9O7S2.CH4.ClH.2Na/c26-23-30-24(32-25(31-23)35-9-7-13(8-10-35)22(28)36)29-14-5-6-19(43(37,38)39)17(11-14)33-34-18-12-20(44(40,41)42)15-3-1-2-4-16(15)21(18)27;;;;/h1-12H,(H6-,27,28,29,30,31,32,33,36,37,38,39,40,41,42);1H4;1H;;/q;;;2*+1/p-2. The average molecular weight is 736 g/mol. The van der Waals surface area contributed by atoms with Gasteiger partial charge in [0.1, 0.15) is 31.6 Å². The molecule has 0 aliphatic rings. The van der Waals surface area contributed by atoms with Gasteiger partial charge in [-0.05, 0) is 46.4 Å². The van der Waals surface area contributed by atoms with E-state index in [1.807, 2.05) is 0 Å². The third-order valence-electron chi connectivity index (χ3n) is 5.99. The molecule has 3 aromatic carbocycles. The summed E-state index contributed by atoms with van der Waals surface area (Å²) in [5.41, 5.74) is 10.7. The molecule has 5 aromatic rings. The third kappa shape index (κ3) is 9.70. The van der Waals surface area contributed by atoms with Crippen molar-refractivity contribution < 1.29 is 111 Å². The Bertz CT molecular complexity index is 2230. The van der Waals surface area contributed by atoms with E-state index in [1.165, 1.54) is 47.3 Å². The maximum atomic E-state index is 14.3. The second-order valence-corrected chi connectivity index (χ2v) is 11.6. The fourth-order valence-corrected chi connectivity index (χ4v) is 5.29. The number of nitrogens with one attached hydrogen (secondary N) is 1. The normalized spacial score (nSPS) is 11.1. The van der Waals surface area contributed by atoms with Gasteiger partial charge < -0.3 is 38.3 Å². The van der Waals surface area contributed by atoms with Crippen LogP contribution in [0.2, 0.25) is 0 Å². The predicted octanol–water partition coefficient (Wildman–Crippen LogP) is -6.26. The number of halogens is 2. The van der Waals surface area contributed by atoms with E-state index in [0.717, 1.165) is 24.3 Å². The van der Waals surface area contributed by atoms with Gasteiger partial charge in [0.15, 0.2) is 0 Å². The van der Waals surface area contributed by atoms with Gasteiger partial charge in [0.25, 0.3) is 0 Å². The van der Waals surface area contributed by atoms with Crippen molar-refractivity contribution in [3.63, 3.8) is 0 Å². The molecule has 240 valence electrons. The Morgan fingerprint density at radius 3 is 2.00 bits per heavy atom. The molecule has 0 fully saturated rings. The number of carbonyl (C=O) groups is 1. The second kappa shape index (κ2) is 16.9. The van der Waals surface area contributed by atoms with Crippen molar-refractivity contribution in [1.82, 2.24) is 15.0 Å². The van der Waals surface area contributed by atoms with Gasteiger partial charge >= 0.3 is 77.1 Å². The molecule has 5 N–H and O–H groups in total. The molecule has 48 heavy (non-hydrogen) atoms. The summed E-state index contributed by atoms with van der Waals surface area (Å²) >= 11 is 0. The van der Waals surface area contributed by atoms with E-state index in [0.29, 0.717) is 0 Å². The zero-order valence-corrected chi connectivity index (χ0v) is 30.6. The average Bonchev–Trinajstić information content (AvgIpc) is 2.95. The Morgan fingerprint density at radius 2 is 1.42 bits per heavy atom. The fraction of sp³-hybridized carbons (Fsp3) is 0.0385. The number of amides is 1. The van der Waals surface area contributed by atoms with Crippen LogP contribution in [0.5, 0.6) is 0 Å². The largest absolute Gasteiger partial charge is 1.00 e. The molecule has 0 atom stereocenters. The minimum absolute atomic E-state index is 0. The minimum atomic E-state index is -5.11. The van der Waals surface area contributed by atoms with Crippen LogP contribution in [0.4, 0.5) is 33.1 Å². The Kier molecular flexibility index (Phi) is 15.1. The Hall–Kier alpha value is -3.21. The number of carbonyl (C=O) groups excluding carboxylic acids is 1. The molecule has 5 rings (SSSR count). The summed E-state index contributed by atoms with van der Waals surface area (Å²) in [5, 5.41) is 10.5. The minimum Gasteiger partial charge on any atom is -1.00 e. The maximum Gasteiger partial charge on any atom is 1.00 e. The number of nitrogens with zero attached hydrogens (tertiary/aromatic N) is 6. The molecule has 0 aliphatic carbocycles. The number of fused-ring (bicyclic) bond motifs is 1. The van der Waals surface area contributed by atoms with Crippen LogP contribution < -0.4 is 92.9 Å². The number of azo groups is 1. The first-order chi connectivity index (χ1) is 20.7. The number of benzene rings is 3. The maximum absolute atomic E-state index is 14.3. The van der Waals surface area contributed by atoms with E-state index >= 15 is 0 Å². The van der Waals surface area contributed by atoms with E-state index in [1.54, 1.807) is 6.07 Å². The van der Waals surface area contributed by atoms with Crippen molar-refractivity contribution in [2.45, 2.75) is 17.2 Å². The van der Waals surface area contributed by atoms with Gasteiger partial charge in [-0.3, -0.25) is 4.79 Å². The van der Waals surface area contributed by atoms with Crippen LogP contribution in [0.1, 0.15) is 17.8 Å². The molecular formula is C26H21ClFN9Na2O7S2. The quantitative estimate of drug-likeness (QED) is 0.0442. The van der Waals surface area contributed by atoms with Crippen LogP contribution in [-0.2, 0) is 20.2 Å². The number of pyridine rings is 1. The first-order valence-corrected chi connectivity index (χ1v) is 14.8. The van der Waals surface area contributed by atoms with E-state index in [2.05, 4.69) is 30.5 Å². The first-order valence-electron chi connectivity index (χ1n) is 12.0. The van der Waals surface area contributed by atoms with E-state index in [9.17, 15) is 35.1 Å². The molecule has 16 nitrogen and oxygen atoms in total. The summed E-state index contributed by atoms with van der Waals surface area (Å²) in [5.74, 6) is -1.23. The van der Waals surface area contributed by atoms with Gasteiger partial charge in [0, 0.05) is 22.0 Å². The van der Waals surface area contributed by atoms with Crippen LogP contribution in [0.15, 0.2) is 93.1 Å². The van der Waals surface area contributed by atoms with E-state index in [-0.39, 0.29) is 124 Å². The van der Waals surface area contributed by atoms with Crippen LogP contribution in [0.3, 0.4) is 0 Å². The molecule has 2 aromatic heterocycles. The van der Waals surface area contributed by atoms with Crippen LogP contribution in [-0.4, -0.2) is 46.8 Å². The number of hydrogen-bond donors (Lipinski definition) is 3. The molecule has 0 spiro atoms. The molecule has 2 heterocycles. The van der Waals surface area contributed by atoms with Crippen LogP contribution in [0.25, 0.3) is 16.7 Å². The summed E-state index contributed by atoms with van der Waals surface area (Å²) in [7, 11) is -10.1. The zero-order chi connectivity index (χ0) is 31.8. The Balaban J connectivity index is 0.00000288. The number of aromatic nitrogens is 4. The molecule has 0 saturated heterocycles. The van der Waals surface area contributed by atoms with Gasteiger partial charge in [-0.1, -0.05) is 31.7 Å². The molecular weight excluding hydrogens is 715 g/mol. The summed E-state index contributed by atoms with van der Waals surface area (Å²) in [6.45, 7) is 0. The van der Waals surface area contributed by atoms with Crippen molar-refractivity contribution in [3.05, 3.63) is 84.7 Å². The number of nitrogens with two attached hydrogens (primary N) is 2. The number of primary amides is 1. The van der Waals surface area contributed by atoms with Gasteiger partial charge in [0.2, 0.25) is 5.91 Å². The van der Waals surface area contributed by atoms with Crippen LogP contribution >= 0.6 is 0 Å². The number of nitrogen functional groups attached to an aromatic ring is 1. The summed E-state index contributed by atoms with van der Waals surface area (Å²) < 4.78 is 87.1. The van der Waals surface area contributed by atoms with Gasteiger partial charge in [-0.15, -0.1) is 19.6 Å². The molecule has 0 radical (unpaired) electrons. The number of rotatable bonds is 8. The summed E-state index contributed by atoms with van der Waals surface area (Å²) in [4.78, 5) is 21.1. The van der Waals surface area contributed by atoms with Crippen molar-refractivity contribution in [3.8, 4) is 5.95 Å². The van der Waals surface area contributed by atoms with Crippen molar-refractivity contribution >= 4 is 65.6 Å². The third-order valence-corrected chi connectivity index (χ3v) is 7.75. The topological polar surface area (TPSA) is 263 Å². The summed E-state index contributed by atoms with van der Waals surface area (Å²) in [6.07, 6.45) is 1.51. The molecule has 0 unspecified atom stereocenters. The Morgan fingerprint density at radius 1 is 0.833 bits per heavy atom. The Labute approximate surface area is 323 Å². The number of anilines is 3. The summed E-state index contributed by atoms with van der Waals surface area (Å²) in [6, 6.07) is 12.5. The molecule has 0 aliphatic heterocycles. The smallest absolute Gasteiger partial charge is 1.00 e. The van der Waals surface area contributed by atoms with Crippen molar-refractivity contribution in [2.75, 3.05) is 11.1 Å². The molecule has 1 amide bonds. The van der Waals surface area contributed by atoms with Gasteiger partial charge in [0.05, 0.1) is 27.9 Å². The molecule has 0 saturated carbocycles. The zero-order valence-electron chi connectivity index (χ0n) is 24.2. The van der Waals surface area contributed by atoms with Crippen molar-refractivity contribution in [2.24, 2.45) is 16.0 Å². The fourth-order valence-electron chi connectivity index (χ4n) is 4.00. The monoisotopic (exact) mass is 735 g/mol. The van der Waals surface area contributed by atoms with Crippen molar-refractivity contribution in [1.29, 1.82) is 0 Å². The van der Waals surface area contributed by atoms with Gasteiger partial charge in [-0.25, -0.2) is 21.4 Å². The second-order valence-electron chi connectivity index (χ2n) is 8.86. The molecule has 22 heteroatoms. The van der Waals surface area contributed by atoms with E-state index in [4.69, 9.17) is 11.5 Å².